The number of carbonyl (C=O) groups is 1. The number of benzene rings is 1. The lowest BCUT2D eigenvalue weighted by Gasteiger charge is -2.24. The Labute approximate surface area is 82.1 Å². The Hall–Kier alpha value is -1.55. The van der Waals surface area contributed by atoms with Gasteiger partial charge in [-0.05, 0) is 13.0 Å². The van der Waals surface area contributed by atoms with Crippen LogP contribution in [0.5, 0.6) is 5.75 Å². The summed E-state index contributed by atoms with van der Waals surface area (Å²) < 4.78 is 5.47. The molecule has 0 radical (unpaired) electrons. The first-order valence-corrected chi connectivity index (χ1v) is 4.52. The summed E-state index contributed by atoms with van der Waals surface area (Å²) in [5.74, 6) is 0.578. The molecule has 0 spiro atoms. The molecule has 2 rings (SSSR count). The van der Waals surface area contributed by atoms with E-state index in [1.165, 1.54) is 0 Å². The van der Waals surface area contributed by atoms with Crippen molar-refractivity contribution in [2.45, 2.75) is 19.6 Å². The zero-order valence-corrected chi connectivity index (χ0v) is 7.91. The lowest BCUT2D eigenvalue weighted by atomic mass is 10.1. The first-order chi connectivity index (χ1) is 6.72. The van der Waals surface area contributed by atoms with Gasteiger partial charge in [-0.3, -0.25) is 4.79 Å². The maximum absolute atomic E-state index is 11.3. The molecule has 1 aliphatic rings. The van der Waals surface area contributed by atoms with E-state index in [0.29, 0.717) is 18.0 Å². The van der Waals surface area contributed by atoms with E-state index in [1.54, 1.807) is 13.0 Å². The van der Waals surface area contributed by atoms with Crippen LogP contribution < -0.4 is 15.8 Å². The summed E-state index contributed by atoms with van der Waals surface area (Å²) in [6, 6.07) is 5.54. The molecule has 4 heteroatoms. The van der Waals surface area contributed by atoms with E-state index >= 15 is 0 Å². The molecule has 0 aromatic heterocycles. The first-order valence-electron chi connectivity index (χ1n) is 4.52. The van der Waals surface area contributed by atoms with Crippen LogP contribution >= 0.6 is 0 Å². The van der Waals surface area contributed by atoms with Crippen LogP contribution in [0.2, 0.25) is 0 Å². The second-order valence-corrected chi connectivity index (χ2v) is 3.25. The van der Waals surface area contributed by atoms with Crippen LogP contribution in [0.15, 0.2) is 18.2 Å². The number of nitrogens with one attached hydrogen (secondary N) is 1. The van der Waals surface area contributed by atoms with E-state index in [-0.39, 0.29) is 5.91 Å². The minimum absolute atomic E-state index is 0.119. The number of carbonyl (C=O) groups excluding carboxylic acids is 1. The van der Waals surface area contributed by atoms with E-state index in [4.69, 9.17) is 10.5 Å². The Balaban J connectivity index is 2.46. The average Bonchev–Trinajstić information content (AvgIpc) is 2.19. The highest BCUT2D eigenvalue weighted by molar-refractivity contribution is 5.97. The lowest BCUT2D eigenvalue weighted by Crippen LogP contribution is -2.34. The minimum Gasteiger partial charge on any atom is -0.478 e. The third-order valence-electron chi connectivity index (χ3n) is 2.24. The average molecular weight is 192 g/mol. The predicted molar refractivity (Wildman–Crippen MR) is 53.1 cm³/mol. The largest absolute Gasteiger partial charge is 0.478 e. The fourth-order valence-electron chi connectivity index (χ4n) is 1.45. The van der Waals surface area contributed by atoms with Gasteiger partial charge in [-0.2, -0.15) is 0 Å². The van der Waals surface area contributed by atoms with Gasteiger partial charge in [0.05, 0.1) is 5.69 Å². The van der Waals surface area contributed by atoms with Gasteiger partial charge in [-0.15, -0.1) is 0 Å². The molecule has 1 unspecified atom stereocenters. The van der Waals surface area contributed by atoms with E-state index in [2.05, 4.69) is 5.32 Å². The molecule has 3 N–H and O–H groups in total. The van der Waals surface area contributed by atoms with Crippen molar-refractivity contribution < 1.29 is 9.53 Å². The van der Waals surface area contributed by atoms with Crippen LogP contribution in [0.25, 0.3) is 0 Å². The normalized spacial score (nSPS) is 19.6. The zero-order chi connectivity index (χ0) is 10.1. The standard InChI is InChI=1S/C10H12N2O2/c1-6-10(13)12-8-4-2-3-7(5-11)9(8)14-6/h2-4,6H,5,11H2,1H3,(H,12,13). The fourth-order valence-corrected chi connectivity index (χ4v) is 1.45. The number of rotatable bonds is 1. The molecule has 14 heavy (non-hydrogen) atoms. The molecule has 4 nitrogen and oxygen atoms in total. The second-order valence-electron chi connectivity index (χ2n) is 3.25. The van der Waals surface area contributed by atoms with Gasteiger partial charge in [0.25, 0.3) is 5.91 Å². The van der Waals surface area contributed by atoms with Gasteiger partial charge < -0.3 is 15.8 Å². The zero-order valence-electron chi connectivity index (χ0n) is 7.91. The van der Waals surface area contributed by atoms with Crippen LogP contribution in [-0.4, -0.2) is 12.0 Å². The number of para-hydroxylation sites is 1. The summed E-state index contributed by atoms with van der Waals surface area (Å²) in [6.07, 6.45) is -0.449. The van der Waals surface area contributed by atoms with Crippen LogP contribution in [0, 0.1) is 0 Å². The summed E-state index contributed by atoms with van der Waals surface area (Å²) in [6.45, 7) is 2.12. The fraction of sp³-hybridized carbons (Fsp3) is 0.300. The van der Waals surface area contributed by atoms with E-state index in [0.717, 1.165) is 5.56 Å². The molecule has 1 aliphatic heterocycles. The third-order valence-corrected chi connectivity index (χ3v) is 2.24. The van der Waals surface area contributed by atoms with Crippen LogP contribution in [0.3, 0.4) is 0 Å². The molecule has 0 saturated heterocycles. The Morgan fingerprint density at radius 1 is 1.57 bits per heavy atom. The van der Waals surface area contributed by atoms with Gasteiger partial charge >= 0.3 is 0 Å². The Kier molecular flexibility index (Phi) is 2.13. The predicted octanol–water partition coefficient (Wildman–Crippen LogP) is 0.865. The molecule has 0 aliphatic carbocycles. The molecule has 1 atom stereocenters. The summed E-state index contributed by atoms with van der Waals surface area (Å²) >= 11 is 0. The number of nitrogens with two attached hydrogens (primary N) is 1. The van der Waals surface area contributed by atoms with Crippen LogP contribution in [-0.2, 0) is 11.3 Å². The highest BCUT2D eigenvalue weighted by Gasteiger charge is 2.24. The first kappa shape index (κ1) is 9.02. The van der Waals surface area contributed by atoms with Crippen molar-refractivity contribution in [3.05, 3.63) is 23.8 Å². The highest BCUT2D eigenvalue weighted by Crippen LogP contribution is 2.32. The Bertz CT molecular complexity index is 376. The number of hydrogen-bond donors (Lipinski definition) is 2. The van der Waals surface area contributed by atoms with Gasteiger partial charge in [0, 0.05) is 12.1 Å². The van der Waals surface area contributed by atoms with Crippen molar-refractivity contribution in [2.24, 2.45) is 5.73 Å². The molecule has 0 fully saturated rings. The molecule has 1 amide bonds. The quantitative estimate of drug-likeness (QED) is 0.693. The van der Waals surface area contributed by atoms with Gasteiger partial charge in [0.1, 0.15) is 5.75 Å². The van der Waals surface area contributed by atoms with E-state index in [1.807, 2.05) is 12.1 Å². The van der Waals surface area contributed by atoms with Crippen LogP contribution in [0.1, 0.15) is 12.5 Å². The number of amides is 1. The van der Waals surface area contributed by atoms with Gasteiger partial charge in [-0.25, -0.2) is 0 Å². The molecule has 1 aromatic rings. The van der Waals surface area contributed by atoms with E-state index < -0.39 is 6.10 Å². The van der Waals surface area contributed by atoms with Gasteiger partial charge in [-0.1, -0.05) is 12.1 Å². The van der Waals surface area contributed by atoms with Crippen molar-refractivity contribution >= 4 is 11.6 Å². The topological polar surface area (TPSA) is 64.3 Å². The molecule has 0 saturated carbocycles. The summed E-state index contributed by atoms with van der Waals surface area (Å²) in [4.78, 5) is 11.3. The number of fused-ring (bicyclic) bond motifs is 1. The number of hydrogen-bond acceptors (Lipinski definition) is 3. The maximum Gasteiger partial charge on any atom is 0.265 e. The molecular weight excluding hydrogens is 180 g/mol. The minimum atomic E-state index is -0.449. The Morgan fingerprint density at radius 3 is 3.07 bits per heavy atom. The molecule has 1 heterocycles. The lowest BCUT2D eigenvalue weighted by molar-refractivity contribution is -0.122. The van der Waals surface area contributed by atoms with Gasteiger partial charge in [0.15, 0.2) is 6.10 Å². The van der Waals surface area contributed by atoms with Crippen molar-refractivity contribution in [1.82, 2.24) is 0 Å². The van der Waals surface area contributed by atoms with Gasteiger partial charge in [0.2, 0.25) is 0 Å². The third kappa shape index (κ3) is 1.33. The monoisotopic (exact) mass is 192 g/mol. The van der Waals surface area contributed by atoms with E-state index in [9.17, 15) is 4.79 Å². The van der Waals surface area contributed by atoms with Crippen molar-refractivity contribution in [3.63, 3.8) is 0 Å². The molecule has 74 valence electrons. The summed E-state index contributed by atoms with van der Waals surface area (Å²) in [7, 11) is 0. The van der Waals surface area contributed by atoms with Crippen molar-refractivity contribution in [2.75, 3.05) is 5.32 Å². The smallest absolute Gasteiger partial charge is 0.265 e. The molecule has 1 aromatic carbocycles. The SMILES string of the molecule is CC1Oc2c(CN)cccc2NC1=O. The summed E-state index contributed by atoms with van der Waals surface area (Å²) in [5.41, 5.74) is 7.18. The molecule has 0 bridgehead atoms. The number of ether oxygens (including phenoxy) is 1. The highest BCUT2D eigenvalue weighted by atomic mass is 16.5. The summed E-state index contributed by atoms with van der Waals surface area (Å²) in [5, 5.41) is 2.76. The Morgan fingerprint density at radius 2 is 2.36 bits per heavy atom. The molecular formula is C10H12N2O2. The van der Waals surface area contributed by atoms with Crippen molar-refractivity contribution in [1.29, 1.82) is 0 Å². The number of anilines is 1. The van der Waals surface area contributed by atoms with Crippen LogP contribution in [0.4, 0.5) is 5.69 Å². The maximum atomic E-state index is 11.3. The van der Waals surface area contributed by atoms with Crippen molar-refractivity contribution in [3.8, 4) is 5.75 Å². The second kappa shape index (κ2) is 3.31.